The van der Waals surface area contributed by atoms with E-state index in [1.54, 1.807) is 6.26 Å². The molecule has 2 aromatic rings. The highest BCUT2D eigenvalue weighted by atomic mass is 16.5. The van der Waals surface area contributed by atoms with Crippen LogP contribution < -0.4 is 5.32 Å². The predicted octanol–water partition coefficient (Wildman–Crippen LogP) is 2.04. The van der Waals surface area contributed by atoms with E-state index in [-0.39, 0.29) is 11.8 Å². The summed E-state index contributed by atoms with van der Waals surface area (Å²) in [4.78, 5) is 15.4. The molecule has 26 heavy (non-hydrogen) atoms. The Kier molecular flexibility index (Phi) is 4.58. The summed E-state index contributed by atoms with van der Waals surface area (Å²) < 4.78 is 16.5. The maximum absolute atomic E-state index is 13.1. The Balaban J connectivity index is 1.46. The number of nitrogens with one attached hydrogen (secondary N) is 1. The van der Waals surface area contributed by atoms with Gasteiger partial charge in [-0.1, -0.05) is 5.16 Å². The fraction of sp³-hybridized carbons (Fsp3) is 0.579. The van der Waals surface area contributed by atoms with Gasteiger partial charge in [0.1, 0.15) is 5.76 Å². The minimum atomic E-state index is -0.409. The van der Waals surface area contributed by atoms with Crippen LogP contribution in [0.2, 0.25) is 0 Å². The SMILES string of the molecule is Cc1cc(CN2CC3COCCC3(C(=O)NCc3occc3C)C2)on1. The maximum Gasteiger partial charge on any atom is 0.228 e. The number of aromatic nitrogens is 1. The van der Waals surface area contributed by atoms with Crippen molar-refractivity contribution in [2.75, 3.05) is 26.3 Å². The zero-order valence-electron chi connectivity index (χ0n) is 15.3. The first-order valence-corrected chi connectivity index (χ1v) is 9.10. The van der Waals surface area contributed by atoms with Gasteiger partial charge in [-0.3, -0.25) is 9.69 Å². The van der Waals surface area contributed by atoms with E-state index in [0.29, 0.717) is 32.8 Å². The highest BCUT2D eigenvalue weighted by Gasteiger charge is 2.53. The zero-order chi connectivity index (χ0) is 18.1. The molecule has 2 saturated heterocycles. The largest absolute Gasteiger partial charge is 0.467 e. The van der Waals surface area contributed by atoms with E-state index in [9.17, 15) is 4.79 Å². The van der Waals surface area contributed by atoms with Gasteiger partial charge in [-0.25, -0.2) is 0 Å². The summed E-state index contributed by atoms with van der Waals surface area (Å²) in [6.07, 6.45) is 2.40. The van der Waals surface area contributed by atoms with Crippen LogP contribution in [0.3, 0.4) is 0 Å². The average molecular weight is 359 g/mol. The first-order valence-electron chi connectivity index (χ1n) is 9.10. The standard InChI is InChI=1S/C19H25N3O4/c1-13-3-5-25-17(13)8-20-18(23)19-4-6-24-11-15(19)9-22(12-19)10-16-7-14(2)21-26-16/h3,5,7,15H,4,6,8-12H2,1-2H3,(H,20,23). The minimum absolute atomic E-state index is 0.0952. The lowest BCUT2D eigenvalue weighted by Gasteiger charge is -2.36. The van der Waals surface area contributed by atoms with Crippen molar-refractivity contribution in [3.05, 3.63) is 41.2 Å². The van der Waals surface area contributed by atoms with E-state index in [0.717, 1.165) is 35.7 Å². The van der Waals surface area contributed by atoms with Gasteiger partial charge in [-0.15, -0.1) is 0 Å². The Morgan fingerprint density at radius 1 is 1.46 bits per heavy atom. The van der Waals surface area contributed by atoms with Crippen molar-refractivity contribution in [2.45, 2.75) is 33.4 Å². The van der Waals surface area contributed by atoms with Gasteiger partial charge in [0.25, 0.3) is 0 Å². The van der Waals surface area contributed by atoms with Gasteiger partial charge in [-0.05, 0) is 31.9 Å². The van der Waals surface area contributed by atoms with Crippen molar-refractivity contribution in [3.63, 3.8) is 0 Å². The molecule has 2 aliphatic heterocycles. The molecule has 7 heteroatoms. The minimum Gasteiger partial charge on any atom is -0.467 e. The molecule has 2 aromatic heterocycles. The fourth-order valence-corrected chi connectivity index (χ4v) is 4.18. The van der Waals surface area contributed by atoms with Crippen LogP contribution in [0.4, 0.5) is 0 Å². The number of carbonyl (C=O) groups excluding carboxylic acids is 1. The third-order valence-electron chi connectivity index (χ3n) is 5.66. The third kappa shape index (κ3) is 3.17. The summed E-state index contributed by atoms with van der Waals surface area (Å²) in [5.74, 6) is 1.94. The van der Waals surface area contributed by atoms with Gasteiger partial charge in [0.15, 0.2) is 5.76 Å². The van der Waals surface area contributed by atoms with Crippen LogP contribution in [0.5, 0.6) is 0 Å². The molecule has 2 fully saturated rings. The lowest BCUT2D eigenvalue weighted by molar-refractivity contribution is -0.139. The quantitative estimate of drug-likeness (QED) is 0.880. The maximum atomic E-state index is 13.1. The van der Waals surface area contributed by atoms with E-state index >= 15 is 0 Å². The predicted molar refractivity (Wildman–Crippen MR) is 93.2 cm³/mol. The Morgan fingerprint density at radius 2 is 2.35 bits per heavy atom. The van der Waals surface area contributed by atoms with E-state index in [1.807, 2.05) is 26.0 Å². The van der Waals surface area contributed by atoms with E-state index in [4.69, 9.17) is 13.7 Å². The highest BCUT2D eigenvalue weighted by Crippen LogP contribution is 2.43. The first-order chi connectivity index (χ1) is 12.6. The van der Waals surface area contributed by atoms with Crippen molar-refractivity contribution in [3.8, 4) is 0 Å². The highest BCUT2D eigenvalue weighted by molar-refractivity contribution is 5.83. The molecule has 4 heterocycles. The Labute approximate surface area is 152 Å². The number of hydrogen-bond acceptors (Lipinski definition) is 6. The second-order valence-corrected chi connectivity index (χ2v) is 7.49. The van der Waals surface area contributed by atoms with E-state index in [2.05, 4.69) is 15.4 Å². The average Bonchev–Trinajstić information content (AvgIpc) is 3.32. The topological polar surface area (TPSA) is 80.7 Å². The van der Waals surface area contributed by atoms with Crippen molar-refractivity contribution in [1.29, 1.82) is 0 Å². The van der Waals surface area contributed by atoms with Crippen LogP contribution in [0.25, 0.3) is 0 Å². The summed E-state index contributed by atoms with van der Waals surface area (Å²) in [7, 11) is 0. The number of ether oxygens (including phenoxy) is 1. The van der Waals surface area contributed by atoms with Crippen molar-refractivity contribution in [2.24, 2.45) is 11.3 Å². The smallest absolute Gasteiger partial charge is 0.228 e. The summed E-state index contributed by atoms with van der Waals surface area (Å²) in [6, 6.07) is 3.86. The van der Waals surface area contributed by atoms with Crippen molar-refractivity contribution in [1.82, 2.24) is 15.4 Å². The molecule has 140 valence electrons. The summed E-state index contributed by atoms with van der Waals surface area (Å²) in [5.41, 5.74) is 1.52. The second kappa shape index (κ2) is 6.89. The lowest BCUT2D eigenvalue weighted by atomic mass is 9.73. The van der Waals surface area contributed by atoms with Gasteiger partial charge >= 0.3 is 0 Å². The van der Waals surface area contributed by atoms with Crippen LogP contribution >= 0.6 is 0 Å². The van der Waals surface area contributed by atoms with Crippen molar-refractivity contribution < 1.29 is 18.5 Å². The number of nitrogens with zero attached hydrogens (tertiary/aromatic N) is 2. The van der Waals surface area contributed by atoms with Crippen LogP contribution in [-0.4, -0.2) is 42.3 Å². The zero-order valence-corrected chi connectivity index (χ0v) is 15.3. The summed E-state index contributed by atoms with van der Waals surface area (Å²) >= 11 is 0. The molecule has 0 saturated carbocycles. The van der Waals surface area contributed by atoms with E-state index < -0.39 is 5.41 Å². The van der Waals surface area contributed by atoms with E-state index in [1.165, 1.54) is 0 Å². The summed E-state index contributed by atoms with van der Waals surface area (Å²) in [6.45, 7) is 7.78. The number of carbonyl (C=O) groups is 1. The molecule has 2 unspecified atom stereocenters. The molecule has 0 spiro atoms. The normalized spacial score (nSPS) is 26.0. The molecular formula is C19H25N3O4. The van der Waals surface area contributed by atoms with Gasteiger partial charge in [0.05, 0.1) is 37.1 Å². The molecule has 2 aliphatic rings. The molecule has 7 nitrogen and oxygen atoms in total. The molecule has 0 aliphatic carbocycles. The van der Waals surface area contributed by atoms with Crippen LogP contribution in [-0.2, 0) is 22.6 Å². The molecule has 0 bridgehead atoms. The Hall–Kier alpha value is -2.12. The first kappa shape index (κ1) is 17.3. The molecule has 2 atom stereocenters. The van der Waals surface area contributed by atoms with Crippen LogP contribution in [0.15, 0.2) is 27.3 Å². The number of amides is 1. The van der Waals surface area contributed by atoms with Crippen LogP contribution in [0, 0.1) is 25.2 Å². The second-order valence-electron chi connectivity index (χ2n) is 7.49. The third-order valence-corrected chi connectivity index (χ3v) is 5.66. The number of aryl methyl sites for hydroxylation is 2. The van der Waals surface area contributed by atoms with Gasteiger partial charge in [-0.2, -0.15) is 0 Å². The van der Waals surface area contributed by atoms with Gasteiger partial charge in [0, 0.05) is 31.7 Å². The van der Waals surface area contributed by atoms with Gasteiger partial charge in [0.2, 0.25) is 5.91 Å². The molecule has 0 radical (unpaired) electrons. The van der Waals surface area contributed by atoms with Crippen molar-refractivity contribution >= 4 is 5.91 Å². The van der Waals surface area contributed by atoms with Gasteiger partial charge < -0.3 is 19.0 Å². The molecule has 4 rings (SSSR count). The number of fused-ring (bicyclic) bond motifs is 1. The molecule has 1 amide bonds. The number of rotatable bonds is 5. The number of furan rings is 1. The monoisotopic (exact) mass is 359 g/mol. The molecule has 1 N–H and O–H groups in total. The molecule has 0 aromatic carbocycles. The number of hydrogen-bond donors (Lipinski definition) is 1. The fourth-order valence-electron chi connectivity index (χ4n) is 4.18. The Morgan fingerprint density at radius 3 is 3.08 bits per heavy atom. The van der Waals surface area contributed by atoms with Crippen LogP contribution in [0.1, 0.15) is 29.2 Å². The molecular weight excluding hydrogens is 334 g/mol. The lowest BCUT2D eigenvalue weighted by Crippen LogP contribution is -2.50. The summed E-state index contributed by atoms with van der Waals surface area (Å²) in [5, 5.41) is 7.05. The number of likely N-dealkylation sites (tertiary alicyclic amines) is 1. The Bertz CT molecular complexity index is 783.